The van der Waals surface area contributed by atoms with E-state index in [2.05, 4.69) is 4.98 Å². The van der Waals surface area contributed by atoms with Crippen LogP contribution in [-0.2, 0) is 0 Å². The molecule has 0 aliphatic carbocycles. The first-order valence-corrected chi connectivity index (χ1v) is 8.19. The summed E-state index contributed by atoms with van der Waals surface area (Å²) in [5.41, 5.74) is 2.15. The minimum atomic E-state index is -0.110. The van der Waals surface area contributed by atoms with Crippen LogP contribution in [0, 0.1) is 0 Å². The number of aromatic nitrogens is 2. The molecule has 0 bridgehead atoms. The van der Waals surface area contributed by atoms with Gasteiger partial charge in [-0.2, -0.15) is 0 Å². The van der Waals surface area contributed by atoms with Crippen molar-refractivity contribution in [2.75, 3.05) is 0 Å². The van der Waals surface area contributed by atoms with E-state index in [1.54, 1.807) is 23.0 Å². The van der Waals surface area contributed by atoms with Gasteiger partial charge in [0.1, 0.15) is 11.9 Å². The number of fused-ring (bicyclic) bond motifs is 2. The molecule has 4 rings (SSSR count). The number of benzene rings is 2. The zero-order valence-electron chi connectivity index (χ0n) is 11.2. The summed E-state index contributed by atoms with van der Waals surface area (Å²) in [6.07, 6.45) is 1.65. The lowest BCUT2D eigenvalue weighted by Crippen LogP contribution is -2.04. The summed E-state index contributed by atoms with van der Waals surface area (Å²) >= 11 is 0. The van der Waals surface area contributed by atoms with Crippen LogP contribution in [0.2, 0.25) is 0 Å². The van der Waals surface area contributed by atoms with E-state index >= 15 is 0 Å². The van der Waals surface area contributed by atoms with Gasteiger partial charge in [0, 0.05) is 11.0 Å². The van der Waals surface area contributed by atoms with Gasteiger partial charge in [-0.15, -0.1) is 0 Å². The monoisotopic (exact) mass is 328 g/mol. The molecule has 0 radical (unpaired) electrons. The van der Waals surface area contributed by atoms with Crippen LogP contribution in [-0.4, -0.2) is 9.55 Å². The molecular weight excluding hydrogens is 320 g/mol. The molecule has 108 valence electrons. The number of imidazole rings is 1. The second-order valence-corrected chi connectivity index (χ2v) is 5.88. The maximum Gasteiger partial charge on any atom is 0.209 e. The smallest absolute Gasteiger partial charge is 0.209 e. The fourth-order valence-corrected chi connectivity index (χ4v) is 2.99. The molecule has 0 aliphatic rings. The van der Waals surface area contributed by atoms with E-state index in [1.807, 2.05) is 30.3 Å². The molecule has 0 N–H and O–H groups in total. The first kappa shape index (κ1) is 13.4. The SMILES string of the molecule is O=c1cc(-n2cnc3ccccc32)oc2ccc(SCl)cc12. The van der Waals surface area contributed by atoms with Crippen LogP contribution < -0.4 is 5.43 Å². The minimum Gasteiger partial charge on any atom is -0.440 e. The molecule has 6 heteroatoms. The van der Waals surface area contributed by atoms with E-state index in [-0.39, 0.29) is 5.43 Å². The number of hydrogen-bond donors (Lipinski definition) is 0. The predicted molar refractivity (Wildman–Crippen MR) is 88.8 cm³/mol. The van der Waals surface area contributed by atoms with Crippen LogP contribution in [0.1, 0.15) is 0 Å². The molecule has 0 fully saturated rings. The average Bonchev–Trinajstić information content (AvgIpc) is 2.98. The number of halogens is 1. The zero-order valence-corrected chi connectivity index (χ0v) is 12.8. The Balaban J connectivity index is 1.98. The van der Waals surface area contributed by atoms with Crippen LogP contribution in [0.4, 0.5) is 0 Å². The second kappa shape index (κ2) is 5.19. The van der Waals surface area contributed by atoms with Gasteiger partial charge in [0.2, 0.25) is 5.88 Å². The van der Waals surface area contributed by atoms with Crippen LogP contribution in [0.3, 0.4) is 0 Å². The Kier molecular flexibility index (Phi) is 3.17. The molecule has 0 unspecified atom stereocenters. The first-order chi connectivity index (χ1) is 10.8. The van der Waals surface area contributed by atoms with Crippen molar-refractivity contribution in [3.63, 3.8) is 0 Å². The third-order valence-electron chi connectivity index (χ3n) is 3.47. The van der Waals surface area contributed by atoms with Crippen molar-refractivity contribution in [2.24, 2.45) is 0 Å². The summed E-state index contributed by atoms with van der Waals surface area (Å²) in [6.45, 7) is 0. The highest BCUT2D eigenvalue weighted by atomic mass is 35.7. The maximum atomic E-state index is 12.4. The van der Waals surface area contributed by atoms with Crippen LogP contribution >= 0.6 is 21.7 Å². The largest absolute Gasteiger partial charge is 0.440 e. The molecule has 0 saturated heterocycles. The van der Waals surface area contributed by atoms with Gasteiger partial charge in [-0.05, 0) is 52.0 Å². The summed E-state index contributed by atoms with van der Waals surface area (Å²) in [7, 11) is 6.80. The van der Waals surface area contributed by atoms with Gasteiger partial charge in [0.25, 0.3) is 0 Å². The van der Waals surface area contributed by atoms with Crippen molar-refractivity contribution in [2.45, 2.75) is 4.90 Å². The topological polar surface area (TPSA) is 48.0 Å². The van der Waals surface area contributed by atoms with Gasteiger partial charge in [-0.3, -0.25) is 9.36 Å². The standard InChI is InChI=1S/C16H9ClN2O2S/c17-22-10-5-6-15-11(7-10)14(20)8-16(21-15)19-9-18-12-3-1-2-4-13(12)19/h1-9H. The highest BCUT2D eigenvalue weighted by Gasteiger charge is 2.10. The first-order valence-electron chi connectivity index (χ1n) is 6.55. The summed E-state index contributed by atoms with van der Waals surface area (Å²) in [4.78, 5) is 17.5. The molecule has 0 amide bonds. The van der Waals surface area contributed by atoms with Crippen molar-refractivity contribution in [1.82, 2.24) is 9.55 Å². The molecule has 2 aromatic carbocycles. The Labute approximate surface area is 133 Å². The highest BCUT2D eigenvalue weighted by molar-refractivity contribution is 8.21. The minimum absolute atomic E-state index is 0.110. The molecular formula is C16H9ClN2O2S. The predicted octanol–water partition coefficient (Wildman–Crippen LogP) is 4.38. The lowest BCUT2D eigenvalue weighted by atomic mass is 10.2. The van der Waals surface area contributed by atoms with Gasteiger partial charge < -0.3 is 4.42 Å². The van der Waals surface area contributed by atoms with Crippen molar-refractivity contribution in [3.05, 3.63) is 65.1 Å². The van der Waals surface area contributed by atoms with E-state index in [0.717, 1.165) is 26.9 Å². The Morgan fingerprint density at radius 3 is 2.86 bits per heavy atom. The van der Waals surface area contributed by atoms with Gasteiger partial charge in [-0.25, -0.2) is 4.98 Å². The fraction of sp³-hybridized carbons (Fsp3) is 0. The van der Waals surface area contributed by atoms with Gasteiger partial charge in [0.15, 0.2) is 5.43 Å². The lowest BCUT2D eigenvalue weighted by Gasteiger charge is -2.05. The normalized spacial score (nSPS) is 11.3. The molecule has 0 saturated carbocycles. The van der Waals surface area contributed by atoms with E-state index < -0.39 is 0 Å². The molecule has 22 heavy (non-hydrogen) atoms. The van der Waals surface area contributed by atoms with Gasteiger partial charge in [-0.1, -0.05) is 12.1 Å². The van der Waals surface area contributed by atoms with Crippen molar-refractivity contribution in [1.29, 1.82) is 0 Å². The summed E-state index contributed by atoms with van der Waals surface area (Å²) in [5, 5.41) is 0.513. The highest BCUT2D eigenvalue weighted by Crippen LogP contribution is 2.26. The molecule has 0 spiro atoms. The quantitative estimate of drug-likeness (QED) is 0.548. The zero-order chi connectivity index (χ0) is 15.1. The van der Waals surface area contributed by atoms with E-state index in [0.29, 0.717) is 16.9 Å². The van der Waals surface area contributed by atoms with Gasteiger partial charge in [0.05, 0.1) is 16.4 Å². The Hall–Kier alpha value is -2.24. The average molecular weight is 329 g/mol. The van der Waals surface area contributed by atoms with Crippen molar-refractivity contribution < 1.29 is 4.42 Å². The lowest BCUT2D eigenvalue weighted by molar-refractivity contribution is 0.571. The van der Waals surface area contributed by atoms with Crippen LogP contribution in [0.25, 0.3) is 27.9 Å². The van der Waals surface area contributed by atoms with Crippen molar-refractivity contribution >= 4 is 43.7 Å². The van der Waals surface area contributed by atoms with E-state index in [9.17, 15) is 4.79 Å². The molecule has 2 aromatic heterocycles. The summed E-state index contributed by atoms with van der Waals surface area (Å²) in [6, 6.07) is 14.5. The molecule has 0 atom stereocenters. The maximum absolute atomic E-state index is 12.4. The third kappa shape index (κ3) is 2.10. The van der Waals surface area contributed by atoms with E-state index in [1.165, 1.54) is 6.07 Å². The number of hydrogen-bond acceptors (Lipinski definition) is 4. The number of nitrogens with zero attached hydrogens (tertiary/aromatic N) is 2. The summed E-state index contributed by atoms with van der Waals surface area (Å²) in [5.74, 6) is 0.442. The molecule has 0 aliphatic heterocycles. The molecule has 4 aromatic rings. The van der Waals surface area contributed by atoms with Gasteiger partial charge >= 0.3 is 0 Å². The third-order valence-corrected chi connectivity index (χ3v) is 4.43. The Bertz CT molecular complexity index is 1050. The second-order valence-electron chi connectivity index (χ2n) is 4.79. The number of para-hydroxylation sites is 2. The van der Waals surface area contributed by atoms with Crippen LogP contribution in [0.5, 0.6) is 0 Å². The molecule has 2 heterocycles. The Morgan fingerprint density at radius 1 is 1.14 bits per heavy atom. The van der Waals surface area contributed by atoms with E-state index in [4.69, 9.17) is 15.1 Å². The van der Waals surface area contributed by atoms with Crippen LogP contribution in [0.15, 0.2) is 69.0 Å². The molecule has 4 nitrogen and oxygen atoms in total. The van der Waals surface area contributed by atoms with Crippen molar-refractivity contribution in [3.8, 4) is 5.88 Å². The number of rotatable bonds is 2. The Morgan fingerprint density at radius 2 is 2.00 bits per heavy atom. The fourth-order valence-electron chi connectivity index (χ4n) is 2.42. The summed E-state index contributed by atoms with van der Waals surface area (Å²) < 4.78 is 7.63.